The highest BCUT2D eigenvalue weighted by atomic mass is 32.1. The van der Waals surface area contributed by atoms with E-state index in [1.165, 1.54) is 54.7 Å². The SMILES string of the molecule is CCCC1CCC(NCc2ccc(CC)s2)CC1. The fraction of sp³-hybridized carbons (Fsp3) is 0.750. The predicted octanol–water partition coefficient (Wildman–Crippen LogP) is 4.76. The Kier molecular flexibility index (Phi) is 5.71. The average molecular weight is 265 g/mol. The molecule has 0 aliphatic heterocycles. The summed E-state index contributed by atoms with van der Waals surface area (Å²) in [5, 5.41) is 3.75. The topological polar surface area (TPSA) is 12.0 Å². The van der Waals surface area contributed by atoms with Crippen LogP contribution in [0.5, 0.6) is 0 Å². The molecule has 0 radical (unpaired) electrons. The summed E-state index contributed by atoms with van der Waals surface area (Å²) in [6.45, 7) is 5.62. The molecule has 1 saturated carbocycles. The lowest BCUT2D eigenvalue weighted by molar-refractivity contribution is 0.278. The van der Waals surface area contributed by atoms with Crippen LogP contribution in [-0.2, 0) is 13.0 Å². The van der Waals surface area contributed by atoms with Crippen molar-refractivity contribution in [3.8, 4) is 0 Å². The van der Waals surface area contributed by atoms with Crippen molar-refractivity contribution in [3.63, 3.8) is 0 Å². The van der Waals surface area contributed by atoms with Crippen LogP contribution in [0.3, 0.4) is 0 Å². The maximum atomic E-state index is 3.75. The predicted molar refractivity (Wildman–Crippen MR) is 81.2 cm³/mol. The van der Waals surface area contributed by atoms with Gasteiger partial charge in [-0.1, -0.05) is 26.7 Å². The summed E-state index contributed by atoms with van der Waals surface area (Å²) in [7, 11) is 0. The zero-order chi connectivity index (χ0) is 12.8. The minimum absolute atomic E-state index is 0.769. The first-order valence-corrected chi connectivity index (χ1v) is 8.44. The van der Waals surface area contributed by atoms with Crippen LogP contribution in [0, 0.1) is 5.92 Å². The number of hydrogen-bond acceptors (Lipinski definition) is 2. The zero-order valence-electron chi connectivity index (χ0n) is 11.9. The van der Waals surface area contributed by atoms with Gasteiger partial charge in [-0.25, -0.2) is 0 Å². The molecule has 0 bridgehead atoms. The van der Waals surface area contributed by atoms with Gasteiger partial charge in [-0.05, 0) is 50.2 Å². The van der Waals surface area contributed by atoms with Gasteiger partial charge >= 0.3 is 0 Å². The van der Waals surface area contributed by atoms with Crippen molar-refractivity contribution in [2.75, 3.05) is 0 Å². The lowest BCUT2D eigenvalue weighted by atomic mass is 9.83. The van der Waals surface area contributed by atoms with Crippen LogP contribution >= 0.6 is 11.3 Å². The van der Waals surface area contributed by atoms with E-state index < -0.39 is 0 Å². The van der Waals surface area contributed by atoms with Gasteiger partial charge in [-0.15, -0.1) is 11.3 Å². The molecule has 102 valence electrons. The molecule has 18 heavy (non-hydrogen) atoms. The van der Waals surface area contributed by atoms with E-state index in [0.717, 1.165) is 18.5 Å². The highest BCUT2D eigenvalue weighted by Gasteiger charge is 2.19. The van der Waals surface area contributed by atoms with E-state index in [4.69, 9.17) is 0 Å². The maximum absolute atomic E-state index is 3.75. The minimum Gasteiger partial charge on any atom is -0.309 e. The smallest absolute Gasteiger partial charge is 0.0302 e. The number of thiophene rings is 1. The summed E-state index contributed by atoms with van der Waals surface area (Å²) in [5.41, 5.74) is 0. The molecule has 1 nitrogen and oxygen atoms in total. The van der Waals surface area contributed by atoms with Crippen LogP contribution in [0.1, 0.15) is 62.1 Å². The highest BCUT2D eigenvalue weighted by molar-refractivity contribution is 7.11. The fourth-order valence-electron chi connectivity index (χ4n) is 3.02. The van der Waals surface area contributed by atoms with E-state index in [-0.39, 0.29) is 0 Å². The Hall–Kier alpha value is -0.340. The summed E-state index contributed by atoms with van der Waals surface area (Å²) in [6.07, 6.45) is 9.63. The number of aryl methyl sites for hydroxylation is 1. The third-order valence-electron chi connectivity index (χ3n) is 4.17. The van der Waals surface area contributed by atoms with Gasteiger partial charge in [-0.2, -0.15) is 0 Å². The molecule has 1 aliphatic carbocycles. The van der Waals surface area contributed by atoms with Crippen LogP contribution in [0.2, 0.25) is 0 Å². The Bertz CT molecular complexity index is 337. The first-order valence-electron chi connectivity index (χ1n) is 7.62. The Morgan fingerprint density at radius 1 is 1.11 bits per heavy atom. The van der Waals surface area contributed by atoms with E-state index in [1.54, 1.807) is 0 Å². The number of hydrogen-bond donors (Lipinski definition) is 1. The van der Waals surface area contributed by atoms with Crippen LogP contribution in [0.15, 0.2) is 12.1 Å². The van der Waals surface area contributed by atoms with Crippen LogP contribution in [0.4, 0.5) is 0 Å². The Balaban J connectivity index is 1.68. The molecular formula is C16H27NS. The van der Waals surface area contributed by atoms with Gasteiger partial charge in [-0.3, -0.25) is 0 Å². The fourth-order valence-corrected chi connectivity index (χ4v) is 3.92. The monoisotopic (exact) mass is 265 g/mol. The van der Waals surface area contributed by atoms with Crippen molar-refractivity contribution >= 4 is 11.3 Å². The first kappa shape index (κ1) is 14.1. The van der Waals surface area contributed by atoms with Crippen molar-refractivity contribution in [1.29, 1.82) is 0 Å². The van der Waals surface area contributed by atoms with Crippen molar-refractivity contribution in [2.24, 2.45) is 5.92 Å². The van der Waals surface area contributed by atoms with Crippen molar-refractivity contribution in [2.45, 2.75) is 71.4 Å². The molecule has 1 fully saturated rings. The summed E-state index contributed by atoms with van der Waals surface area (Å²) in [5.74, 6) is 1.02. The molecule has 1 N–H and O–H groups in total. The normalized spacial score (nSPS) is 24.3. The maximum Gasteiger partial charge on any atom is 0.0302 e. The molecule has 0 unspecified atom stereocenters. The van der Waals surface area contributed by atoms with Gasteiger partial charge in [0.2, 0.25) is 0 Å². The van der Waals surface area contributed by atoms with Crippen LogP contribution in [0.25, 0.3) is 0 Å². The largest absolute Gasteiger partial charge is 0.309 e. The Morgan fingerprint density at radius 2 is 1.83 bits per heavy atom. The van der Waals surface area contributed by atoms with E-state index >= 15 is 0 Å². The molecule has 0 spiro atoms. The van der Waals surface area contributed by atoms with Crippen molar-refractivity contribution < 1.29 is 0 Å². The molecule has 1 aromatic heterocycles. The quantitative estimate of drug-likeness (QED) is 0.782. The first-order chi connectivity index (χ1) is 8.81. The second-order valence-electron chi connectivity index (χ2n) is 5.61. The molecule has 1 heterocycles. The zero-order valence-corrected chi connectivity index (χ0v) is 12.7. The van der Waals surface area contributed by atoms with Crippen molar-refractivity contribution in [1.82, 2.24) is 5.32 Å². The standard InChI is InChI=1S/C16H27NS/c1-3-5-13-6-8-14(9-7-13)17-12-16-11-10-15(4-2)18-16/h10-11,13-14,17H,3-9,12H2,1-2H3. The Morgan fingerprint density at radius 3 is 2.44 bits per heavy atom. The summed E-state index contributed by atoms with van der Waals surface area (Å²) >= 11 is 1.97. The van der Waals surface area contributed by atoms with E-state index in [9.17, 15) is 0 Å². The van der Waals surface area contributed by atoms with E-state index in [1.807, 2.05) is 11.3 Å². The van der Waals surface area contributed by atoms with Gasteiger partial charge in [0.1, 0.15) is 0 Å². The number of nitrogens with one attached hydrogen (secondary N) is 1. The third kappa shape index (κ3) is 4.10. The van der Waals surface area contributed by atoms with Crippen molar-refractivity contribution in [3.05, 3.63) is 21.9 Å². The minimum atomic E-state index is 0.769. The summed E-state index contributed by atoms with van der Waals surface area (Å²) < 4.78 is 0. The summed E-state index contributed by atoms with van der Waals surface area (Å²) in [6, 6.07) is 5.34. The second-order valence-corrected chi connectivity index (χ2v) is 6.86. The lowest BCUT2D eigenvalue weighted by Gasteiger charge is -2.28. The van der Waals surface area contributed by atoms with Crippen LogP contribution in [-0.4, -0.2) is 6.04 Å². The van der Waals surface area contributed by atoms with Gasteiger partial charge in [0.15, 0.2) is 0 Å². The molecule has 1 aliphatic rings. The molecule has 0 aromatic carbocycles. The molecule has 1 aromatic rings. The molecule has 0 saturated heterocycles. The van der Waals surface area contributed by atoms with Gasteiger partial charge in [0.25, 0.3) is 0 Å². The molecular weight excluding hydrogens is 238 g/mol. The molecule has 0 atom stereocenters. The van der Waals surface area contributed by atoms with Crippen LogP contribution < -0.4 is 5.32 Å². The average Bonchev–Trinajstić information content (AvgIpc) is 2.86. The molecule has 2 heteroatoms. The van der Waals surface area contributed by atoms with E-state index in [0.29, 0.717) is 0 Å². The number of rotatable bonds is 6. The third-order valence-corrected chi connectivity index (χ3v) is 5.40. The summed E-state index contributed by atoms with van der Waals surface area (Å²) in [4.78, 5) is 3.01. The molecule has 0 amide bonds. The van der Waals surface area contributed by atoms with Gasteiger partial charge < -0.3 is 5.32 Å². The highest BCUT2D eigenvalue weighted by Crippen LogP contribution is 2.28. The second kappa shape index (κ2) is 7.30. The molecule has 2 rings (SSSR count). The van der Waals surface area contributed by atoms with Gasteiger partial charge in [0, 0.05) is 22.3 Å². The van der Waals surface area contributed by atoms with Gasteiger partial charge in [0.05, 0.1) is 0 Å². The lowest BCUT2D eigenvalue weighted by Crippen LogP contribution is -2.32. The Labute approximate surface area is 116 Å². The van der Waals surface area contributed by atoms with E-state index in [2.05, 4.69) is 31.3 Å².